The molecule has 0 radical (unpaired) electrons. The molecule has 0 unspecified atom stereocenters. The Hall–Kier alpha value is -1.26. The average Bonchev–Trinajstić information content (AvgIpc) is 2.09. The summed E-state index contributed by atoms with van der Waals surface area (Å²) in [5, 5.41) is 0. The number of ether oxygens (including phenoxy) is 1. The second-order valence-electron chi connectivity index (χ2n) is 7.00. The molecule has 0 aromatic rings. The van der Waals surface area contributed by atoms with Crippen molar-refractivity contribution in [3.05, 3.63) is 0 Å². The zero-order valence-corrected chi connectivity index (χ0v) is 13.1. The van der Waals surface area contributed by atoms with Crippen molar-refractivity contribution in [2.75, 3.05) is 27.2 Å². The van der Waals surface area contributed by atoms with E-state index >= 15 is 0 Å². The number of rotatable bonds is 2. The summed E-state index contributed by atoms with van der Waals surface area (Å²) in [4.78, 5) is 27.2. The summed E-state index contributed by atoms with van der Waals surface area (Å²) in [6.45, 7) is 10.6. The first-order valence-corrected chi connectivity index (χ1v) is 6.65. The van der Waals surface area contributed by atoms with Crippen LogP contribution >= 0.6 is 0 Å². The summed E-state index contributed by atoms with van der Waals surface area (Å²) in [5.41, 5.74) is -0.918. The van der Waals surface area contributed by atoms with E-state index in [1.54, 1.807) is 23.9 Å². The molecule has 0 saturated carbocycles. The fraction of sp³-hybridized carbons (Fsp3) is 0.857. The maximum Gasteiger partial charge on any atom is 0.410 e. The Balaban J connectivity index is 2.54. The standard InChI is InChI=1S/C14H26N2O3/c1-13(2,3)19-12(18)16-8-10(9-16)14(4,5)11(17)15(6)7/h10H,8-9H2,1-7H3. The molecule has 5 heteroatoms. The van der Waals surface area contributed by atoms with Crippen molar-refractivity contribution in [2.45, 2.75) is 40.2 Å². The predicted octanol–water partition coefficient (Wildman–Crippen LogP) is 1.97. The number of hydrogen-bond acceptors (Lipinski definition) is 3. The van der Waals surface area contributed by atoms with Crippen LogP contribution in [0.1, 0.15) is 34.6 Å². The predicted molar refractivity (Wildman–Crippen MR) is 73.8 cm³/mol. The molecule has 1 rings (SSSR count). The molecule has 0 aromatic carbocycles. The van der Waals surface area contributed by atoms with E-state index in [-0.39, 0.29) is 17.9 Å². The van der Waals surface area contributed by atoms with Crippen LogP contribution in [0.3, 0.4) is 0 Å². The summed E-state index contributed by atoms with van der Waals surface area (Å²) in [5.74, 6) is 0.288. The molecule has 0 N–H and O–H groups in total. The van der Waals surface area contributed by atoms with Gasteiger partial charge in [-0.1, -0.05) is 13.8 Å². The van der Waals surface area contributed by atoms with Gasteiger partial charge in [-0.05, 0) is 20.8 Å². The van der Waals surface area contributed by atoms with Crippen molar-refractivity contribution in [2.24, 2.45) is 11.3 Å². The Bertz CT molecular complexity index is 363. The SMILES string of the molecule is CN(C)C(=O)C(C)(C)C1CN(C(=O)OC(C)(C)C)C1. The minimum atomic E-state index is -0.475. The van der Waals surface area contributed by atoms with Crippen LogP contribution in [0.25, 0.3) is 0 Å². The number of nitrogens with zero attached hydrogens (tertiary/aromatic N) is 2. The van der Waals surface area contributed by atoms with E-state index in [0.29, 0.717) is 13.1 Å². The molecular formula is C14H26N2O3. The van der Waals surface area contributed by atoms with Gasteiger partial charge in [0.1, 0.15) is 5.60 Å². The maximum atomic E-state index is 12.1. The fourth-order valence-corrected chi connectivity index (χ4v) is 2.16. The lowest BCUT2D eigenvalue weighted by atomic mass is 9.73. The van der Waals surface area contributed by atoms with E-state index in [1.807, 2.05) is 34.6 Å². The third kappa shape index (κ3) is 3.61. The normalized spacial score (nSPS) is 16.9. The number of carbonyl (C=O) groups excluding carboxylic acids is 2. The summed E-state index contributed by atoms with van der Waals surface area (Å²) in [6.07, 6.45) is -0.295. The lowest BCUT2D eigenvalue weighted by Gasteiger charge is -2.47. The van der Waals surface area contributed by atoms with Gasteiger partial charge < -0.3 is 14.5 Å². The third-order valence-corrected chi connectivity index (χ3v) is 3.51. The van der Waals surface area contributed by atoms with Crippen LogP contribution in [0.4, 0.5) is 4.79 Å². The monoisotopic (exact) mass is 270 g/mol. The first-order valence-electron chi connectivity index (χ1n) is 6.65. The second-order valence-corrected chi connectivity index (χ2v) is 7.00. The van der Waals surface area contributed by atoms with E-state index in [1.165, 1.54) is 0 Å². The van der Waals surface area contributed by atoms with Gasteiger partial charge in [0.15, 0.2) is 0 Å². The van der Waals surface area contributed by atoms with Gasteiger partial charge in [-0.3, -0.25) is 4.79 Å². The van der Waals surface area contributed by atoms with Crippen molar-refractivity contribution in [3.63, 3.8) is 0 Å². The first-order chi connectivity index (χ1) is 8.45. The molecule has 5 nitrogen and oxygen atoms in total. The van der Waals surface area contributed by atoms with Gasteiger partial charge in [-0.15, -0.1) is 0 Å². The second kappa shape index (κ2) is 5.02. The molecule has 1 saturated heterocycles. The van der Waals surface area contributed by atoms with Crippen molar-refractivity contribution < 1.29 is 14.3 Å². The minimum Gasteiger partial charge on any atom is -0.444 e. The number of amides is 2. The molecule has 0 atom stereocenters. The number of likely N-dealkylation sites (tertiary alicyclic amines) is 1. The Morgan fingerprint density at radius 2 is 1.58 bits per heavy atom. The molecule has 2 amide bonds. The lowest BCUT2D eigenvalue weighted by molar-refractivity contribution is -0.144. The average molecular weight is 270 g/mol. The molecule has 1 aliphatic heterocycles. The molecule has 1 aliphatic rings. The molecular weight excluding hydrogens is 244 g/mol. The van der Waals surface area contributed by atoms with Crippen molar-refractivity contribution in [3.8, 4) is 0 Å². The van der Waals surface area contributed by atoms with Crippen LogP contribution in [-0.4, -0.2) is 54.6 Å². The van der Waals surface area contributed by atoms with E-state index in [2.05, 4.69) is 0 Å². The highest BCUT2D eigenvalue weighted by molar-refractivity contribution is 5.82. The van der Waals surface area contributed by atoms with Crippen LogP contribution in [-0.2, 0) is 9.53 Å². The van der Waals surface area contributed by atoms with Crippen LogP contribution in [0.5, 0.6) is 0 Å². The van der Waals surface area contributed by atoms with Crippen LogP contribution in [0.2, 0.25) is 0 Å². The van der Waals surface area contributed by atoms with E-state index < -0.39 is 11.0 Å². The van der Waals surface area contributed by atoms with Gasteiger partial charge in [0.2, 0.25) is 5.91 Å². The molecule has 0 spiro atoms. The molecule has 0 bridgehead atoms. The first kappa shape index (κ1) is 15.8. The fourth-order valence-electron chi connectivity index (χ4n) is 2.16. The minimum absolute atomic E-state index is 0.0985. The van der Waals surface area contributed by atoms with Gasteiger partial charge in [0, 0.05) is 38.5 Å². The zero-order valence-electron chi connectivity index (χ0n) is 13.1. The molecule has 1 heterocycles. The lowest BCUT2D eigenvalue weighted by Crippen LogP contribution is -2.59. The Morgan fingerprint density at radius 3 is 1.95 bits per heavy atom. The van der Waals surface area contributed by atoms with Crippen LogP contribution in [0, 0.1) is 11.3 Å². The highest BCUT2D eigenvalue weighted by Gasteiger charge is 2.46. The van der Waals surface area contributed by atoms with Gasteiger partial charge >= 0.3 is 6.09 Å². The Morgan fingerprint density at radius 1 is 1.11 bits per heavy atom. The smallest absolute Gasteiger partial charge is 0.410 e. The van der Waals surface area contributed by atoms with Gasteiger partial charge in [-0.25, -0.2) is 4.79 Å². The summed E-state index contributed by atoms with van der Waals surface area (Å²) >= 11 is 0. The van der Waals surface area contributed by atoms with Crippen molar-refractivity contribution in [1.29, 1.82) is 0 Å². The number of carbonyl (C=O) groups is 2. The van der Waals surface area contributed by atoms with E-state index in [4.69, 9.17) is 4.74 Å². The van der Waals surface area contributed by atoms with Crippen molar-refractivity contribution >= 4 is 12.0 Å². The van der Waals surface area contributed by atoms with Crippen LogP contribution in [0.15, 0.2) is 0 Å². The third-order valence-electron chi connectivity index (χ3n) is 3.51. The summed E-state index contributed by atoms with van der Waals surface area (Å²) in [6, 6.07) is 0. The van der Waals surface area contributed by atoms with Gasteiger partial charge in [-0.2, -0.15) is 0 Å². The molecule has 19 heavy (non-hydrogen) atoms. The summed E-state index contributed by atoms with van der Waals surface area (Å²) in [7, 11) is 3.52. The summed E-state index contributed by atoms with van der Waals surface area (Å²) < 4.78 is 5.30. The highest BCUT2D eigenvalue weighted by Crippen LogP contribution is 2.36. The molecule has 0 aromatic heterocycles. The van der Waals surface area contributed by atoms with E-state index in [9.17, 15) is 9.59 Å². The molecule has 110 valence electrons. The van der Waals surface area contributed by atoms with Gasteiger partial charge in [0.05, 0.1) is 0 Å². The highest BCUT2D eigenvalue weighted by atomic mass is 16.6. The quantitative estimate of drug-likeness (QED) is 0.771. The Labute approximate surface area is 115 Å². The topological polar surface area (TPSA) is 49.9 Å². The Kier molecular flexibility index (Phi) is 4.17. The zero-order chi connectivity index (χ0) is 15.0. The molecule has 0 aliphatic carbocycles. The van der Waals surface area contributed by atoms with Gasteiger partial charge in [0.25, 0.3) is 0 Å². The van der Waals surface area contributed by atoms with Crippen molar-refractivity contribution in [1.82, 2.24) is 9.80 Å². The number of hydrogen-bond donors (Lipinski definition) is 0. The largest absolute Gasteiger partial charge is 0.444 e. The van der Waals surface area contributed by atoms with Crippen LogP contribution < -0.4 is 0 Å². The maximum absolute atomic E-state index is 12.1. The van der Waals surface area contributed by atoms with E-state index in [0.717, 1.165) is 0 Å². The molecule has 1 fully saturated rings.